The van der Waals surface area contributed by atoms with Crippen LogP contribution in [0.1, 0.15) is 51.4 Å². The molecule has 0 aromatic rings. The smallest absolute Gasteiger partial charge is 0.204 e. The van der Waals surface area contributed by atoms with E-state index in [4.69, 9.17) is 10.5 Å². The van der Waals surface area contributed by atoms with Gasteiger partial charge in [-0.15, -0.1) is 0 Å². The van der Waals surface area contributed by atoms with Crippen molar-refractivity contribution in [2.75, 3.05) is 13.2 Å². The summed E-state index contributed by atoms with van der Waals surface area (Å²) < 4.78 is 5.52. The minimum Gasteiger partial charge on any atom is -0.490 e. The highest BCUT2D eigenvalue weighted by Gasteiger charge is 2.39. The Balaban J connectivity index is 2.15. The highest BCUT2D eigenvalue weighted by atomic mass is 16.5. The van der Waals surface area contributed by atoms with Gasteiger partial charge in [0.25, 0.3) is 0 Å². The Labute approximate surface area is 103 Å². The summed E-state index contributed by atoms with van der Waals surface area (Å²) in [5.41, 5.74) is 5.58. The van der Waals surface area contributed by atoms with Gasteiger partial charge < -0.3 is 10.5 Å². The molecular formula is C14H23NO2. The highest BCUT2D eigenvalue weighted by Crippen LogP contribution is 2.37. The Morgan fingerprint density at radius 3 is 2.47 bits per heavy atom. The van der Waals surface area contributed by atoms with Crippen LogP contribution in [-0.4, -0.2) is 18.9 Å². The number of allylic oxidation sites excluding steroid dienone is 2. The van der Waals surface area contributed by atoms with Gasteiger partial charge in [-0.05, 0) is 31.8 Å². The molecule has 0 aromatic heterocycles. The van der Waals surface area contributed by atoms with E-state index in [0.717, 1.165) is 38.5 Å². The van der Waals surface area contributed by atoms with Gasteiger partial charge in [-0.2, -0.15) is 0 Å². The third-order valence-electron chi connectivity index (χ3n) is 4.09. The number of hydrogen-bond acceptors (Lipinski definition) is 3. The fourth-order valence-corrected chi connectivity index (χ4v) is 2.91. The quantitative estimate of drug-likeness (QED) is 0.767. The number of carbonyl (C=O) groups excluding carboxylic acids is 1. The van der Waals surface area contributed by atoms with Crippen LogP contribution in [0.5, 0.6) is 0 Å². The van der Waals surface area contributed by atoms with Gasteiger partial charge in [0.1, 0.15) is 0 Å². The summed E-state index contributed by atoms with van der Waals surface area (Å²) in [6, 6.07) is 0. The zero-order valence-electron chi connectivity index (χ0n) is 10.5. The second-order valence-electron chi connectivity index (χ2n) is 5.29. The van der Waals surface area contributed by atoms with Gasteiger partial charge in [0.05, 0.1) is 6.61 Å². The molecule has 2 aliphatic rings. The summed E-state index contributed by atoms with van der Waals surface area (Å²) in [4.78, 5) is 12.6. The molecule has 1 saturated carbocycles. The molecule has 0 spiro atoms. The van der Waals surface area contributed by atoms with Crippen molar-refractivity contribution in [3.63, 3.8) is 0 Å². The maximum Gasteiger partial charge on any atom is 0.204 e. The first-order chi connectivity index (χ1) is 8.28. The molecule has 1 fully saturated rings. The van der Waals surface area contributed by atoms with Gasteiger partial charge >= 0.3 is 0 Å². The van der Waals surface area contributed by atoms with Crippen LogP contribution >= 0.6 is 0 Å². The number of carbonyl (C=O) groups is 1. The average molecular weight is 237 g/mol. The molecule has 1 aliphatic heterocycles. The Hall–Kier alpha value is -0.830. The van der Waals surface area contributed by atoms with Crippen molar-refractivity contribution in [3.8, 4) is 0 Å². The van der Waals surface area contributed by atoms with Gasteiger partial charge in [-0.25, -0.2) is 0 Å². The first-order valence-corrected chi connectivity index (χ1v) is 6.86. The van der Waals surface area contributed by atoms with E-state index in [1.54, 1.807) is 0 Å². The lowest BCUT2D eigenvalue weighted by Crippen LogP contribution is -2.40. The van der Waals surface area contributed by atoms with Crippen LogP contribution in [0.2, 0.25) is 0 Å². The van der Waals surface area contributed by atoms with Crippen molar-refractivity contribution in [2.24, 2.45) is 11.1 Å². The molecule has 2 N–H and O–H groups in total. The van der Waals surface area contributed by atoms with Gasteiger partial charge in [0.2, 0.25) is 5.78 Å². The molecule has 1 heterocycles. The largest absolute Gasteiger partial charge is 0.490 e. The first-order valence-electron chi connectivity index (χ1n) is 6.86. The minimum atomic E-state index is -0.334. The zero-order valence-corrected chi connectivity index (χ0v) is 10.5. The molecule has 96 valence electrons. The Morgan fingerprint density at radius 2 is 1.94 bits per heavy atom. The van der Waals surface area contributed by atoms with E-state index in [0.29, 0.717) is 18.9 Å². The summed E-state index contributed by atoms with van der Waals surface area (Å²) in [5, 5.41) is 0. The Morgan fingerprint density at radius 1 is 1.24 bits per heavy atom. The molecule has 0 amide bonds. The molecule has 0 aromatic carbocycles. The maximum atomic E-state index is 12.6. The number of hydrogen-bond donors (Lipinski definition) is 1. The van der Waals surface area contributed by atoms with Gasteiger partial charge in [-0.3, -0.25) is 4.79 Å². The lowest BCUT2D eigenvalue weighted by Gasteiger charge is -2.31. The molecule has 0 radical (unpaired) electrons. The molecule has 1 aliphatic carbocycles. The summed E-state index contributed by atoms with van der Waals surface area (Å²) in [7, 11) is 0. The molecular weight excluding hydrogens is 214 g/mol. The predicted molar refractivity (Wildman–Crippen MR) is 67.5 cm³/mol. The SMILES string of the molecule is NCC1(C(=O)C2=CCCCO2)CCCCCC1. The summed E-state index contributed by atoms with van der Waals surface area (Å²) in [6.07, 6.45) is 10.5. The van der Waals surface area contributed by atoms with Gasteiger partial charge in [0, 0.05) is 12.0 Å². The Bertz CT molecular complexity index is 301. The van der Waals surface area contributed by atoms with E-state index in [-0.39, 0.29) is 11.2 Å². The van der Waals surface area contributed by atoms with Crippen molar-refractivity contribution in [3.05, 3.63) is 11.8 Å². The molecule has 17 heavy (non-hydrogen) atoms. The Kier molecular flexibility index (Phi) is 4.21. The van der Waals surface area contributed by atoms with Crippen molar-refractivity contribution in [2.45, 2.75) is 51.4 Å². The summed E-state index contributed by atoms with van der Waals surface area (Å²) >= 11 is 0. The third-order valence-corrected chi connectivity index (χ3v) is 4.09. The lowest BCUT2D eigenvalue weighted by atomic mass is 9.75. The second kappa shape index (κ2) is 5.67. The van der Waals surface area contributed by atoms with E-state index in [1.165, 1.54) is 12.8 Å². The minimum absolute atomic E-state index is 0.168. The normalized spacial score (nSPS) is 24.4. The maximum absolute atomic E-state index is 12.6. The van der Waals surface area contributed by atoms with Crippen LogP contribution in [-0.2, 0) is 9.53 Å². The predicted octanol–water partition coefficient (Wildman–Crippen LogP) is 2.55. The molecule has 0 atom stereocenters. The van der Waals surface area contributed by atoms with E-state index in [2.05, 4.69) is 0 Å². The zero-order chi connectivity index (χ0) is 12.1. The second-order valence-corrected chi connectivity index (χ2v) is 5.29. The van der Waals surface area contributed by atoms with E-state index in [1.807, 2.05) is 6.08 Å². The van der Waals surface area contributed by atoms with Crippen LogP contribution in [0, 0.1) is 5.41 Å². The van der Waals surface area contributed by atoms with Crippen LogP contribution in [0.4, 0.5) is 0 Å². The average Bonchev–Trinajstić information content (AvgIpc) is 2.65. The topological polar surface area (TPSA) is 52.3 Å². The monoisotopic (exact) mass is 237 g/mol. The van der Waals surface area contributed by atoms with Crippen molar-refractivity contribution < 1.29 is 9.53 Å². The van der Waals surface area contributed by atoms with Crippen molar-refractivity contribution in [1.82, 2.24) is 0 Å². The number of ketones is 1. The molecule has 0 unspecified atom stereocenters. The fourth-order valence-electron chi connectivity index (χ4n) is 2.91. The third kappa shape index (κ3) is 2.71. The van der Waals surface area contributed by atoms with Crippen molar-refractivity contribution >= 4 is 5.78 Å². The van der Waals surface area contributed by atoms with Crippen molar-refractivity contribution in [1.29, 1.82) is 0 Å². The van der Waals surface area contributed by atoms with Gasteiger partial charge in [0.15, 0.2) is 5.76 Å². The molecule has 3 nitrogen and oxygen atoms in total. The molecule has 2 rings (SSSR count). The highest BCUT2D eigenvalue weighted by molar-refractivity contribution is 5.98. The number of rotatable bonds is 3. The number of nitrogens with two attached hydrogens (primary N) is 1. The standard InChI is InChI=1S/C14H23NO2/c15-11-14(8-4-1-2-5-9-14)13(16)12-7-3-6-10-17-12/h7H,1-6,8-11,15H2. The van der Waals surface area contributed by atoms with Crippen LogP contribution < -0.4 is 5.73 Å². The molecule has 0 saturated heterocycles. The first kappa shape index (κ1) is 12.6. The van der Waals surface area contributed by atoms with E-state index in [9.17, 15) is 4.79 Å². The fraction of sp³-hybridized carbons (Fsp3) is 0.786. The number of ether oxygens (including phenoxy) is 1. The van der Waals surface area contributed by atoms with Gasteiger partial charge in [-0.1, -0.05) is 25.7 Å². The van der Waals surface area contributed by atoms with E-state index >= 15 is 0 Å². The van der Waals surface area contributed by atoms with Crippen LogP contribution in [0.25, 0.3) is 0 Å². The summed E-state index contributed by atoms with van der Waals surface area (Å²) in [6.45, 7) is 1.14. The van der Waals surface area contributed by atoms with Crippen LogP contribution in [0.15, 0.2) is 11.8 Å². The summed E-state index contributed by atoms with van der Waals surface area (Å²) in [5.74, 6) is 0.755. The number of Topliss-reactive ketones (excluding diaryl/α,β-unsaturated/α-hetero) is 1. The lowest BCUT2D eigenvalue weighted by molar-refractivity contribution is -0.129. The molecule has 3 heteroatoms. The van der Waals surface area contributed by atoms with Crippen LogP contribution in [0.3, 0.4) is 0 Å². The molecule has 0 bridgehead atoms. The van der Waals surface area contributed by atoms with E-state index < -0.39 is 0 Å².